The van der Waals surface area contributed by atoms with E-state index in [1.165, 1.54) is 4.90 Å². The number of pyridine rings is 1. The average molecular weight is 325 g/mol. The number of hydrogen-bond donors (Lipinski definition) is 0. The minimum absolute atomic E-state index is 0.0170. The van der Waals surface area contributed by atoms with Crippen LogP contribution in [-0.4, -0.2) is 54.4 Å². The molecule has 1 aromatic heterocycles. The SMILES string of the molecule is O=CN(CCS(=O)(=O)N1CCCCCC1)Cc1ccncc1. The van der Waals surface area contributed by atoms with Crippen molar-refractivity contribution in [2.75, 3.05) is 25.4 Å². The smallest absolute Gasteiger partial charge is 0.215 e. The summed E-state index contributed by atoms with van der Waals surface area (Å²) in [6, 6.07) is 3.64. The van der Waals surface area contributed by atoms with E-state index in [1.807, 2.05) is 12.1 Å². The van der Waals surface area contributed by atoms with E-state index < -0.39 is 10.0 Å². The number of carbonyl (C=O) groups excluding carboxylic acids is 1. The van der Waals surface area contributed by atoms with Gasteiger partial charge in [0.05, 0.1) is 5.75 Å². The van der Waals surface area contributed by atoms with E-state index in [9.17, 15) is 13.2 Å². The second-order valence-electron chi connectivity index (χ2n) is 5.56. The van der Waals surface area contributed by atoms with Crippen LogP contribution in [0.4, 0.5) is 0 Å². The fourth-order valence-electron chi connectivity index (χ4n) is 2.57. The predicted molar refractivity (Wildman–Crippen MR) is 84.5 cm³/mol. The average Bonchev–Trinajstić information content (AvgIpc) is 2.82. The monoisotopic (exact) mass is 325 g/mol. The highest BCUT2D eigenvalue weighted by atomic mass is 32.2. The predicted octanol–water partition coefficient (Wildman–Crippen LogP) is 1.25. The minimum atomic E-state index is -3.28. The molecule has 0 N–H and O–H groups in total. The zero-order valence-electron chi connectivity index (χ0n) is 12.7. The number of aromatic nitrogens is 1. The molecule has 0 bridgehead atoms. The Morgan fingerprint density at radius 2 is 1.77 bits per heavy atom. The Bertz CT molecular complexity index is 555. The lowest BCUT2D eigenvalue weighted by molar-refractivity contribution is -0.118. The van der Waals surface area contributed by atoms with E-state index >= 15 is 0 Å². The summed E-state index contributed by atoms with van der Waals surface area (Å²) < 4.78 is 26.3. The van der Waals surface area contributed by atoms with Gasteiger partial charge in [0.25, 0.3) is 0 Å². The summed E-state index contributed by atoms with van der Waals surface area (Å²) in [6.07, 6.45) is 8.06. The molecule has 0 unspecified atom stereocenters. The number of rotatable bonds is 7. The fraction of sp³-hybridized carbons (Fsp3) is 0.600. The fourth-order valence-corrected chi connectivity index (χ4v) is 4.11. The van der Waals surface area contributed by atoms with Crippen molar-refractivity contribution in [1.82, 2.24) is 14.2 Å². The molecule has 0 aromatic carbocycles. The number of carbonyl (C=O) groups is 1. The summed E-state index contributed by atoms with van der Waals surface area (Å²) in [5, 5.41) is 0. The summed E-state index contributed by atoms with van der Waals surface area (Å²) in [7, 11) is -3.28. The zero-order chi connectivity index (χ0) is 15.8. The van der Waals surface area contributed by atoms with Crippen LogP contribution in [0.5, 0.6) is 0 Å². The third-order valence-corrected chi connectivity index (χ3v) is 5.73. The lowest BCUT2D eigenvalue weighted by atomic mass is 10.2. The Morgan fingerprint density at radius 1 is 1.14 bits per heavy atom. The number of nitrogens with zero attached hydrogens (tertiary/aromatic N) is 3. The lowest BCUT2D eigenvalue weighted by Gasteiger charge is -2.22. The Labute approximate surface area is 132 Å². The number of amides is 1. The molecule has 0 radical (unpaired) electrons. The van der Waals surface area contributed by atoms with Crippen molar-refractivity contribution in [3.63, 3.8) is 0 Å². The zero-order valence-corrected chi connectivity index (χ0v) is 13.5. The molecule has 2 heterocycles. The van der Waals surface area contributed by atoms with Crippen molar-refractivity contribution in [2.45, 2.75) is 32.2 Å². The van der Waals surface area contributed by atoms with E-state index in [4.69, 9.17) is 0 Å². The molecular formula is C15H23N3O3S. The molecular weight excluding hydrogens is 302 g/mol. The quantitative estimate of drug-likeness (QED) is 0.707. The topological polar surface area (TPSA) is 70.6 Å². The number of sulfonamides is 1. The summed E-state index contributed by atoms with van der Waals surface area (Å²) in [6.45, 7) is 1.83. The second kappa shape index (κ2) is 8.24. The van der Waals surface area contributed by atoms with E-state index in [2.05, 4.69) is 4.98 Å². The maximum atomic E-state index is 12.4. The Balaban J connectivity index is 1.89. The van der Waals surface area contributed by atoms with Crippen molar-refractivity contribution in [2.24, 2.45) is 0 Å². The Morgan fingerprint density at radius 3 is 2.36 bits per heavy atom. The largest absolute Gasteiger partial charge is 0.340 e. The van der Waals surface area contributed by atoms with E-state index in [-0.39, 0.29) is 12.3 Å². The third-order valence-electron chi connectivity index (χ3n) is 3.88. The normalized spacial score (nSPS) is 16.9. The molecule has 122 valence electrons. The highest BCUT2D eigenvalue weighted by molar-refractivity contribution is 7.89. The first kappa shape index (κ1) is 16.9. The molecule has 6 nitrogen and oxygen atoms in total. The van der Waals surface area contributed by atoms with Crippen molar-refractivity contribution >= 4 is 16.4 Å². The number of hydrogen-bond acceptors (Lipinski definition) is 4. The van der Waals surface area contributed by atoms with Crippen molar-refractivity contribution in [3.8, 4) is 0 Å². The molecule has 1 aromatic rings. The van der Waals surface area contributed by atoms with Gasteiger partial charge in [-0.2, -0.15) is 0 Å². The van der Waals surface area contributed by atoms with Gasteiger partial charge in [0.2, 0.25) is 16.4 Å². The van der Waals surface area contributed by atoms with Gasteiger partial charge in [-0.25, -0.2) is 12.7 Å². The molecule has 1 fully saturated rings. The molecule has 0 saturated carbocycles. The minimum Gasteiger partial charge on any atom is -0.340 e. The molecule has 0 atom stereocenters. The van der Waals surface area contributed by atoms with Gasteiger partial charge < -0.3 is 4.90 Å². The second-order valence-corrected chi connectivity index (χ2v) is 7.65. The molecule has 1 aliphatic heterocycles. The Hall–Kier alpha value is -1.47. The van der Waals surface area contributed by atoms with E-state index in [0.717, 1.165) is 31.2 Å². The van der Waals surface area contributed by atoms with Gasteiger partial charge in [-0.3, -0.25) is 9.78 Å². The lowest BCUT2D eigenvalue weighted by Crippen LogP contribution is -2.38. The van der Waals surface area contributed by atoms with Crippen LogP contribution in [0.2, 0.25) is 0 Å². The summed E-state index contributed by atoms with van der Waals surface area (Å²) >= 11 is 0. The van der Waals surface area contributed by atoms with Crippen LogP contribution < -0.4 is 0 Å². The highest BCUT2D eigenvalue weighted by Gasteiger charge is 2.23. The molecule has 7 heteroatoms. The highest BCUT2D eigenvalue weighted by Crippen LogP contribution is 2.14. The molecule has 0 spiro atoms. The van der Waals surface area contributed by atoms with Crippen molar-refractivity contribution in [3.05, 3.63) is 30.1 Å². The van der Waals surface area contributed by atoms with E-state index in [1.54, 1.807) is 16.7 Å². The van der Waals surface area contributed by atoms with Crippen LogP contribution in [0.15, 0.2) is 24.5 Å². The van der Waals surface area contributed by atoms with Crippen LogP contribution >= 0.6 is 0 Å². The van der Waals surface area contributed by atoms with Gasteiger partial charge in [0.1, 0.15) is 0 Å². The molecule has 0 aliphatic carbocycles. The first-order valence-corrected chi connectivity index (χ1v) is 9.29. The van der Waals surface area contributed by atoms with Gasteiger partial charge >= 0.3 is 0 Å². The van der Waals surface area contributed by atoms with E-state index in [0.29, 0.717) is 26.0 Å². The van der Waals surface area contributed by atoms with Crippen LogP contribution in [-0.2, 0) is 21.4 Å². The van der Waals surface area contributed by atoms with Crippen LogP contribution in [0, 0.1) is 0 Å². The van der Waals surface area contributed by atoms with Gasteiger partial charge in [0, 0.05) is 38.6 Å². The first-order valence-electron chi connectivity index (χ1n) is 7.68. The van der Waals surface area contributed by atoms with Gasteiger partial charge in [-0.1, -0.05) is 12.8 Å². The van der Waals surface area contributed by atoms with Crippen LogP contribution in [0.1, 0.15) is 31.2 Å². The molecule has 2 rings (SSSR count). The maximum absolute atomic E-state index is 12.4. The van der Waals surface area contributed by atoms with Gasteiger partial charge in [-0.15, -0.1) is 0 Å². The summed E-state index contributed by atoms with van der Waals surface area (Å²) in [5.74, 6) is -0.0170. The molecule has 1 saturated heterocycles. The van der Waals surface area contributed by atoms with Crippen molar-refractivity contribution in [1.29, 1.82) is 0 Å². The van der Waals surface area contributed by atoms with Gasteiger partial charge in [-0.05, 0) is 30.5 Å². The molecule has 1 aliphatic rings. The molecule has 22 heavy (non-hydrogen) atoms. The van der Waals surface area contributed by atoms with Crippen LogP contribution in [0.3, 0.4) is 0 Å². The first-order chi connectivity index (χ1) is 10.6. The van der Waals surface area contributed by atoms with Crippen LogP contribution in [0.25, 0.3) is 0 Å². The summed E-state index contributed by atoms with van der Waals surface area (Å²) in [4.78, 5) is 16.6. The van der Waals surface area contributed by atoms with Crippen molar-refractivity contribution < 1.29 is 13.2 Å². The third kappa shape index (κ3) is 5.06. The van der Waals surface area contributed by atoms with Gasteiger partial charge in [0.15, 0.2) is 0 Å². The maximum Gasteiger partial charge on any atom is 0.215 e. The molecule has 1 amide bonds. The Kier molecular flexibility index (Phi) is 6.33. The standard InChI is InChI=1S/C15H23N3O3S/c19-14-17(13-15-5-7-16-8-6-15)11-12-22(20,21)18-9-3-1-2-4-10-18/h5-8,14H,1-4,9-13H2. The summed E-state index contributed by atoms with van der Waals surface area (Å²) in [5.41, 5.74) is 0.939.